The summed E-state index contributed by atoms with van der Waals surface area (Å²) in [6.07, 6.45) is 0. The van der Waals surface area contributed by atoms with E-state index in [0.29, 0.717) is 26.3 Å². The van der Waals surface area contributed by atoms with Crippen molar-refractivity contribution in [2.45, 2.75) is 6.54 Å². The van der Waals surface area contributed by atoms with Crippen molar-refractivity contribution < 1.29 is 13.9 Å². The number of hydrogen-bond donors (Lipinski definition) is 0. The van der Waals surface area contributed by atoms with Gasteiger partial charge in [-0.3, -0.25) is 4.90 Å². The van der Waals surface area contributed by atoms with Gasteiger partial charge in [0, 0.05) is 56.8 Å². The molecule has 0 bridgehead atoms. The number of carbonyl (C=O) groups is 1. The largest absolute Gasteiger partial charge is 0.378 e. The molecule has 27 heavy (non-hydrogen) atoms. The molecule has 3 heterocycles. The molecule has 0 N–H and O–H groups in total. The summed E-state index contributed by atoms with van der Waals surface area (Å²) in [7, 11) is 0. The first-order valence-corrected chi connectivity index (χ1v) is 10.1. The second-order valence-corrected chi connectivity index (χ2v) is 7.65. The van der Waals surface area contributed by atoms with E-state index in [4.69, 9.17) is 4.74 Å². The van der Waals surface area contributed by atoms with Crippen LogP contribution in [0.5, 0.6) is 0 Å². The summed E-state index contributed by atoms with van der Waals surface area (Å²) in [5.74, 6) is -0.236. The minimum absolute atomic E-state index is 0.130. The number of morpholine rings is 1. The Morgan fingerprint density at radius 3 is 2.41 bits per heavy atom. The molecule has 144 valence electrons. The number of nitrogens with zero attached hydrogens (tertiary/aromatic N) is 4. The summed E-state index contributed by atoms with van der Waals surface area (Å²) in [4.78, 5) is 23.4. The van der Waals surface area contributed by atoms with Gasteiger partial charge in [-0.15, -0.1) is 11.3 Å². The first kappa shape index (κ1) is 18.3. The maximum atomic E-state index is 13.1. The van der Waals surface area contributed by atoms with E-state index >= 15 is 0 Å². The molecule has 2 aliphatic rings. The Balaban J connectivity index is 1.29. The minimum atomic E-state index is -0.236. The van der Waals surface area contributed by atoms with Gasteiger partial charge in [0.1, 0.15) is 10.8 Å². The number of ether oxygens (including phenoxy) is 1. The fourth-order valence-corrected chi connectivity index (χ4v) is 4.20. The quantitative estimate of drug-likeness (QED) is 0.808. The predicted molar refractivity (Wildman–Crippen MR) is 102 cm³/mol. The smallest absolute Gasteiger partial charge is 0.320 e. The van der Waals surface area contributed by atoms with Crippen molar-refractivity contribution in [1.82, 2.24) is 19.7 Å². The lowest BCUT2D eigenvalue weighted by molar-refractivity contribution is 0.0372. The molecule has 2 amide bonds. The van der Waals surface area contributed by atoms with Crippen LogP contribution in [0.2, 0.25) is 0 Å². The molecule has 1 aromatic carbocycles. The van der Waals surface area contributed by atoms with Crippen LogP contribution in [-0.4, -0.2) is 78.2 Å². The lowest BCUT2D eigenvalue weighted by atomic mass is 10.2. The topological polar surface area (TPSA) is 48.9 Å². The highest BCUT2D eigenvalue weighted by Gasteiger charge is 2.26. The zero-order chi connectivity index (χ0) is 18.6. The Bertz CT molecular complexity index is 768. The van der Waals surface area contributed by atoms with Gasteiger partial charge < -0.3 is 14.5 Å². The average molecular weight is 390 g/mol. The number of thiazole rings is 1. The Kier molecular flexibility index (Phi) is 5.66. The minimum Gasteiger partial charge on any atom is -0.378 e. The number of piperazine rings is 1. The van der Waals surface area contributed by atoms with Gasteiger partial charge in [0.25, 0.3) is 0 Å². The summed E-state index contributed by atoms with van der Waals surface area (Å²) < 4.78 is 18.4. The molecule has 0 radical (unpaired) electrons. The van der Waals surface area contributed by atoms with Crippen LogP contribution >= 0.6 is 11.3 Å². The third-order valence-corrected chi connectivity index (χ3v) is 5.89. The highest BCUT2D eigenvalue weighted by atomic mass is 32.1. The second-order valence-electron chi connectivity index (χ2n) is 6.80. The van der Waals surface area contributed by atoms with Crippen molar-refractivity contribution in [3.05, 3.63) is 41.2 Å². The van der Waals surface area contributed by atoms with Crippen molar-refractivity contribution in [3.63, 3.8) is 0 Å². The Labute approximate surface area is 162 Å². The number of benzene rings is 1. The maximum absolute atomic E-state index is 13.1. The Hall–Kier alpha value is -2.03. The number of aromatic nitrogens is 1. The molecule has 0 atom stereocenters. The van der Waals surface area contributed by atoms with E-state index in [2.05, 4.69) is 15.3 Å². The Morgan fingerprint density at radius 2 is 1.70 bits per heavy atom. The molecule has 4 rings (SSSR count). The molecule has 6 nitrogen and oxygen atoms in total. The molecule has 0 aliphatic carbocycles. The maximum Gasteiger partial charge on any atom is 0.320 e. The van der Waals surface area contributed by atoms with Crippen LogP contribution in [-0.2, 0) is 11.3 Å². The summed E-state index contributed by atoms with van der Waals surface area (Å²) in [6.45, 7) is 6.58. The number of hydrogen-bond acceptors (Lipinski definition) is 5. The number of urea groups is 1. The van der Waals surface area contributed by atoms with E-state index in [1.54, 1.807) is 23.5 Å². The standard InChI is InChI=1S/C19H23FN4O2S/c20-16-3-1-15(2-4-16)18-21-17(14-27-18)13-22-5-7-23(8-6-22)19(25)24-9-11-26-12-10-24/h1-4,14H,5-13H2. The van der Waals surface area contributed by atoms with Crippen molar-refractivity contribution >= 4 is 17.4 Å². The van der Waals surface area contributed by atoms with Gasteiger partial charge in [0.15, 0.2) is 0 Å². The predicted octanol–water partition coefficient (Wildman–Crippen LogP) is 2.52. The molecule has 0 spiro atoms. The van der Waals surface area contributed by atoms with Gasteiger partial charge in [0.05, 0.1) is 18.9 Å². The lowest BCUT2D eigenvalue weighted by Gasteiger charge is -2.38. The van der Waals surface area contributed by atoms with Gasteiger partial charge in [-0.05, 0) is 24.3 Å². The molecule has 2 aromatic rings. The Morgan fingerprint density at radius 1 is 1.04 bits per heavy atom. The van der Waals surface area contributed by atoms with Crippen LogP contribution in [0, 0.1) is 5.82 Å². The third kappa shape index (κ3) is 4.45. The molecule has 8 heteroatoms. The summed E-state index contributed by atoms with van der Waals surface area (Å²) >= 11 is 1.58. The molecule has 0 unspecified atom stereocenters. The molecular weight excluding hydrogens is 367 g/mol. The zero-order valence-corrected chi connectivity index (χ0v) is 16.0. The van der Waals surface area contributed by atoms with Gasteiger partial charge in [0.2, 0.25) is 0 Å². The monoisotopic (exact) mass is 390 g/mol. The van der Waals surface area contributed by atoms with Crippen LogP contribution in [0.1, 0.15) is 5.69 Å². The number of rotatable bonds is 3. The highest BCUT2D eigenvalue weighted by molar-refractivity contribution is 7.13. The van der Waals surface area contributed by atoms with Gasteiger partial charge in [-0.1, -0.05) is 0 Å². The fraction of sp³-hybridized carbons (Fsp3) is 0.474. The van der Waals surface area contributed by atoms with Crippen molar-refractivity contribution in [2.75, 3.05) is 52.5 Å². The first-order chi connectivity index (χ1) is 13.2. The summed E-state index contributed by atoms with van der Waals surface area (Å²) in [6, 6.07) is 6.56. The van der Waals surface area contributed by atoms with Crippen LogP contribution < -0.4 is 0 Å². The van der Waals surface area contributed by atoms with Gasteiger partial charge in [-0.2, -0.15) is 0 Å². The lowest BCUT2D eigenvalue weighted by Crippen LogP contribution is -2.54. The summed E-state index contributed by atoms with van der Waals surface area (Å²) in [5.41, 5.74) is 1.96. The van der Waals surface area contributed by atoms with Crippen LogP contribution in [0.25, 0.3) is 10.6 Å². The number of amides is 2. The normalized spacial score (nSPS) is 18.7. The molecule has 2 saturated heterocycles. The fourth-order valence-electron chi connectivity index (χ4n) is 3.39. The number of halogens is 1. The van der Waals surface area contributed by atoms with E-state index in [-0.39, 0.29) is 11.8 Å². The van der Waals surface area contributed by atoms with Crippen LogP contribution in [0.3, 0.4) is 0 Å². The van der Waals surface area contributed by atoms with Gasteiger partial charge >= 0.3 is 6.03 Å². The molecule has 2 fully saturated rings. The SMILES string of the molecule is O=C(N1CCOCC1)N1CCN(Cc2csc(-c3ccc(F)cc3)n2)CC1. The van der Waals surface area contributed by atoms with Crippen molar-refractivity contribution in [2.24, 2.45) is 0 Å². The summed E-state index contributed by atoms with van der Waals surface area (Å²) in [5, 5.41) is 2.97. The zero-order valence-electron chi connectivity index (χ0n) is 15.1. The molecule has 1 aromatic heterocycles. The first-order valence-electron chi connectivity index (χ1n) is 9.23. The molecule has 0 saturated carbocycles. The average Bonchev–Trinajstić information content (AvgIpc) is 3.18. The van der Waals surface area contributed by atoms with Gasteiger partial charge in [-0.25, -0.2) is 14.2 Å². The molecule has 2 aliphatic heterocycles. The van der Waals surface area contributed by atoms with E-state index in [9.17, 15) is 9.18 Å². The van der Waals surface area contributed by atoms with E-state index in [0.717, 1.165) is 49.0 Å². The van der Waals surface area contributed by atoms with E-state index in [1.165, 1.54) is 12.1 Å². The van der Waals surface area contributed by atoms with Crippen molar-refractivity contribution in [1.29, 1.82) is 0 Å². The number of carbonyl (C=O) groups excluding carboxylic acids is 1. The highest BCUT2D eigenvalue weighted by Crippen LogP contribution is 2.24. The third-order valence-electron chi connectivity index (χ3n) is 4.95. The van der Waals surface area contributed by atoms with E-state index < -0.39 is 0 Å². The second kappa shape index (κ2) is 8.33. The van der Waals surface area contributed by atoms with Crippen LogP contribution in [0.15, 0.2) is 29.6 Å². The van der Waals surface area contributed by atoms with Crippen molar-refractivity contribution in [3.8, 4) is 10.6 Å². The van der Waals surface area contributed by atoms with Crippen LogP contribution in [0.4, 0.5) is 9.18 Å². The molecular formula is C19H23FN4O2S. The van der Waals surface area contributed by atoms with E-state index in [1.807, 2.05) is 9.80 Å².